The summed E-state index contributed by atoms with van der Waals surface area (Å²) >= 11 is 0. The highest BCUT2D eigenvalue weighted by atomic mass is 16.5. The molecule has 6 nitrogen and oxygen atoms in total. The van der Waals surface area contributed by atoms with E-state index in [0.717, 1.165) is 23.4 Å². The second kappa shape index (κ2) is 10.6. The van der Waals surface area contributed by atoms with Crippen molar-refractivity contribution in [1.29, 1.82) is 5.41 Å². The van der Waals surface area contributed by atoms with Gasteiger partial charge in [0.25, 0.3) is 5.91 Å². The van der Waals surface area contributed by atoms with Crippen LogP contribution in [-0.2, 0) is 11.2 Å². The van der Waals surface area contributed by atoms with Crippen molar-refractivity contribution in [1.82, 2.24) is 5.32 Å². The molecule has 2 aliphatic rings. The molecule has 1 aliphatic heterocycles. The zero-order valence-corrected chi connectivity index (χ0v) is 20.0. The van der Waals surface area contributed by atoms with Crippen LogP contribution in [0.5, 0.6) is 11.5 Å². The third-order valence-electron chi connectivity index (χ3n) is 6.66. The largest absolute Gasteiger partial charge is 0.493 e. The number of benzene rings is 2. The van der Waals surface area contributed by atoms with Crippen LogP contribution < -0.4 is 19.7 Å². The maximum atomic E-state index is 13.3. The molecule has 0 atom stereocenters. The summed E-state index contributed by atoms with van der Waals surface area (Å²) in [5, 5.41) is 11.1. The number of ether oxygens (including phenoxy) is 2. The minimum Gasteiger partial charge on any atom is -0.493 e. The lowest BCUT2D eigenvalue weighted by molar-refractivity contribution is -0.115. The van der Waals surface area contributed by atoms with Gasteiger partial charge in [0, 0.05) is 30.8 Å². The molecular weight excluding hydrogens is 426 g/mol. The minimum absolute atomic E-state index is 0.154. The number of amides is 1. The molecule has 1 fully saturated rings. The molecule has 1 saturated carbocycles. The van der Waals surface area contributed by atoms with E-state index in [1.54, 1.807) is 14.2 Å². The predicted molar refractivity (Wildman–Crippen MR) is 137 cm³/mol. The fourth-order valence-electron chi connectivity index (χ4n) is 4.84. The normalized spacial score (nSPS) is 15.9. The Kier molecular flexibility index (Phi) is 7.36. The molecule has 4 rings (SSSR count). The highest BCUT2D eigenvalue weighted by Crippen LogP contribution is 2.43. The summed E-state index contributed by atoms with van der Waals surface area (Å²) in [7, 11) is 3.23. The summed E-state index contributed by atoms with van der Waals surface area (Å²) in [5.74, 6) is 1.65. The Bertz CT molecular complexity index is 1100. The first-order valence-corrected chi connectivity index (χ1v) is 11.9. The van der Waals surface area contributed by atoms with Gasteiger partial charge in [-0.1, -0.05) is 56.2 Å². The molecule has 0 bridgehead atoms. The summed E-state index contributed by atoms with van der Waals surface area (Å²) in [6.07, 6.45) is 8.42. The molecule has 0 aromatic heterocycles. The highest BCUT2D eigenvalue weighted by Gasteiger charge is 2.29. The zero-order chi connectivity index (χ0) is 24.1. The lowest BCUT2D eigenvalue weighted by Gasteiger charge is -2.34. The Labute approximate surface area is 201 Å². The molecule has 2 aromatic carbocycles. The van der Waals surface area contributed by atoms with E-state index in [1.807, 2.05) is 48.7 Å². The molecular formula is C28H33N3O3. The topological polar surface area (TPSA) is 74.7 Å². The minimum atomic E-state index is -0.319. The van der Waals surface area contributed by atoms with Gasteiger partial charge in [-0.05, 0) is 36.0 Å². The lowest BCUT2D eigenvalue weighted by atomic mass is 9.87. The Morgan fingerprint density at radius 2 is 1.76 bits per heavy atom. The molecule has 6 heteroatoms. The monoisotopic (exact) mass is 459 g/mol. The number of methoxy groups -OCH3 is 2. The number of rotatable bonds is 7. The van der Waals surface area contributed by atoms with E-state index >= 15 is 0 Å². The summed E-state index contributed by atoms with van der Waals surface area (Å²) in [4.78, 5) is 15.4. The molecule has 1 aliphatic carbocycles. The van der Waals surface area contributed by atoms with Crippen LogP contribution in [0.2, 0.25) is 0 Å². The summed E-state index contributed by atoms with van der Waals surface area (Å²) in [6, 6.07) is 13.5. The van der Waals surface area contributed by atoms with Crippen molar-refractivity contribution >= 4 is 23.0 Å². The quantitative estimate of drug-likeness (QED) is 0.433. The summed E-state index contributed by atoms with van der Waals surface area (Å²) in [5.41, 5.74) is 3.86. The molecule has 2 aromatic rings. The molecule has 0 saturated heterocycles. The van der Waals surface area contributed by atoms with Crippen LogP contribution >= 0.6 is 0 Å². The fraction of sp³-hybridized carbons (Fsp3) is 0.357. The van der Waals surface area contributed by atoms with E-state index in [0.29, 0.717) is 35.0 Å². The van der Waals surface area contributed by atoms with Gasteiger partial charge in [-0.2, -0.15) is 0 Å². The van der Waals surface area contributed by atoms with E-state index in [4.69, 9.17) is 14.9 Å². The number of hydrogen-bond donors (Lipinski definition) is 2. The molecule has 0 unspecified atom stereocenters. The zero-order valence-electron chi connectivity index (χ0n) is 20.0. The van der Waals surface area contributed by atoms with Crippen molar-refractivity contribution in [2.75, 3.05) is 25.7 Å². The van der Waals surface area contributed by atoms with Gasteiger partial charge in [0.05, 0.1) is 25.5 Å². The Hall–Kier alpha value is -3.54. The van der Waals surface area contributed by atoms with Crippen LogP contribution in [0.15, 0.2) is 60.8 Å². The first-order chi connectivity index (χ1) is 16.5. The molecule has 1 heterocycles. The van der Waals surface area contributed by atoms with Crippen LogP contribution in [0.1, 0.15) is 43.2 Å². The number of nitrogens with one attached hydrogen (secondary N) is 2. The first kappa shape index (κ1) is 23.6. The van der Waals surface area contributed by atoms with Crippen LogP contribution in [0.4, 0.5) is 5.69 Å². The summed E-state index contributed by atoms with van der Waals surface area (Å²) < 4.78 is 11.1. The van der Waals surface area contributed by atoms with Crippen LogP contribution in [0.3, 0.4) is 0 Å². The molecule has 1 amide bonds. The van der Waals surface area contributed by atoms with Crippen molar-refractivity contribution in [2.24, 2.45) is 5.92 Å². The van der Waals surface area contributed by atoms with E-state index in [-0.39, 0.29) is 11.7 Å². The lowest BCUT2D eigenvalue weighted by Crippen LogP contribution is -2.36. The van der Waals surface area contributed by atoms with E-state index < -0.39 is 0 Å². The van der Waals surface area contributed by atoms with Crippen molar-refractivity contribution in [3.8, 4) is 11.5 Å². The van der Waals surface area contributed by atoms with E-state index in [9.17, 15) is 4.79 Å². The number of anilines is 1. The standard InChI is InChI=1S/C28H33N3O3/c1-19-22-15-25(33-2)26(34-3)16-24(22)31(17-21-12-8-5-9-13-21)18-23(19)28(32)30-27(29)14-20-10-6-4-7-11-20/h4,6-7,10-11,15-16,18,21H,1,5,8-9,12-14,17H2,2-3H3,(H2,29,30,32). The van der Waals surface area contributed by atoms with Gasteiger partial charge in [0.2, 0.25) is 0 Å². The van der Waals surface area contributed by atoms with Gasteiger partial charge < -0.3 is 19.7 Å². The molecule has 0 radical (unpaired) electrons. The Morgan fingerprint density at radius 3 is 2.44 bits per heavy atom. The third-order valence-corrected chi connectivity index (χ3v) is 6.66. The smallest absolute Gasteiger partial charge is 0.258 e. The van der Waals surface area contributed by atoms with Gasteiger partial charge in [0.15, 0.2) is 11.5 Å². The van der Waals surface area contributed by atoms with Gasteiger partial charge in [-0.15, -0.1) is 0 Å². The van der Waals surface area contributed by atoms with Gasteiger partial charge in [0.1, 0.15) is 5.84 Å². The van der Waals surface area contributed by atoms with Gasteiger partial charge in [-0.25, -0.2) is 0 Å². The number of fused-ring (bicyclic) bond motifs is 1. The average Bonchev–Trinajstić information content (AvgIpc) is 2.86. The molecule has 178 valence electrons. The van der Waals surface area contributed by atoms with Gasteiger partial charge in [-0.3, -0.25) is 10.2 Å². The number of hydrogen-bond acceptors (Lipinski definition) is 5. The fourth-order valence-corrected chi connectivity index (χ4v) is 4.84. The van der Waals surface area contributed by atoms with Crippen molar-refractivity contribution in [2.45, 2.75) is 38.5 Å². The highest BCUT2D eigenvalue weighted by molar-refractivity contribution is 6.16. The van der Waals surface area contributed by atoms with E-state index in [1.165, 1.54) is 32.1 Å². The number of carbonyl (C=O) groups is 1. The number of nitrogens with zero attached hydrogens (tertiary/aromatic N) is 1. The van der Waals surface area contributed by atoms with Crippen LogP contribution in [-0.4, -0.2) is 32.5 Å². The predicted octanol–water partition coefficient (Wildman–Crippen LogP) is 5.34. The maximum Gasteiger partial charge on any atom is 0.258 e. The number of amidine groups is 1. The molecule has 34 heavy (non-hydrogen) atoms. The average molecular weight is 460 g/mol. The Morgan fingerprint density at radius 1 is 1.09 bits per heavy atom. The van der Waals surface area contributed by atoms with Gasteiger partial charge >= 0.3 is 0 Å². The van der Waals surface area contributed by atoms with E-state index in [2.05, 4.69) is 16.8 Å². The van der Waals surface area contributed by atoms with Crippen LogP contribution in [0, 0.1) is 11.3 Å². The SMILES string of the molecule is C=C1C(C(=O)NC(=N)Cc2ccccc2)=CN(CC2CCCCC2)c2cc(OC)c(OC)cc21. The first-order valence-electron chi connectivity index (χ1n) is 11.9. The van der Waals surface area contributed by atoms with Crippen molar-refractivity contribution in [3.05, 3.63) is 71.9 Å². The van der Waals surface area contributed by atoms with Crippen LogP contribution in [0.25, 0.3) is 5.57 Å². The summed E-state index contributed by atoms with van der Waals surface area (Å²) in [6.45, 7) is 5.07. The number of carbonyl (C=O) groups excluding carboxylic acids is 1. The molecule has 2 N–H and O–H groups in total. The van der Waals surface area contributed by atoms with Crippen molar-refractivity contribution < 1.29 is 14.3 Å². The third kappa shape index (κ3) is 5.16. The molecule has 0 spiro atoms. The second-order valence-electron chi connectivity index (χ2n) is 9.00. The Balaban J connectivity index is 1.62. The van der Waals surface area contributed by atoms with Crippen molar-refractivity contribution in [3.63, 3.8) is 0 Å². The second-order valence-corrected chi connectivity index (χ2v) is 9.00. The maximum absolute atomic E-state index is 13.3.